The van der Waals surface area contributed by atoms with Gasteiger partial charge in [-0.3, -0.25) is 9.59 Å². The molecule has 0 unspecified atom stereocenters. The maximum atomic E-state index is 11.5. The Morgan fingerprint density at radius 1 is 1.50 bits per heavy atom. The number of hydrogen-bond acceptors (Lipinski definition) is 3. The number of ketones is 2. The van der Waals surface area contributed by atoms with E-state index < -0.39 is 5.60 Å². The van der Waals surface area contributed by atoms with Gasteiger partial charge in [0.1, 0.15) is 0 Å². The van der Waals surface area contributed by atoms with Crippen molar-refractivity contribution in [3.63, 3.8) is 0 Å². The van der Waals surface area contributed by atoms with Crippen molar-refractivity contribution in [3.8, 4) is 0 Å². The Hall–Kier alpha value is -0.960. The van der Waals surface area contributed by atoms with Crippen molar-refractivity contribution < 1.29 is 14.7 Å². The number of carbonyl (C=O) groups is 2. The maximum absolute atomic E-state index is 11.5. The van der Waals surface area contributed by atoms with Crippen molar-refractivity contribution in [2.75, 3.05) is 0 Å². The highest BCUT2D eigenvalue weighted by Crippen LogP contribution is 2.37. The quantitative estimate of drug-likeness (QED) is 0.694. The molecule has 1 aliphatic carbocycles. The van der Waals surface area contributed by atoms with Crippen LogP contribution in [-0.4, -0.2) is 22.3 Å². The average Bonchev–Trinajstić information content (AvgIpc) is 2.37. The molecule has 0 fully saturated rings. The average molecular weight is 196 g/mol. The smallest absolute Gasteiger partial charge is 0.169 e. The summed E-state index contributed by atoms with van der Waals surface area (Å²) in [6.45, 7) is 5.06. The highest BCUT2D eigenvalue weighted by atomic mass is 16.3. The minimum Gasteiger partial charge on any atom is -0.385 e. The Balaban J connectivity index is 3.25. The van der Waals surface area contributed by atoms with Gasteiger partial charge in [0.2, 0.25) is 0 Å². The third-order valence-electron chi connectivity index (χ3n) is 2.89. The summed E-state index contributed by atoms with van der Waals surface area (Å²) in [5.74, 6) is -0.435. The van der Waals surface area contributed by atoms with E-state index in [0.29, 0.717) is 18.4 Å². The molecule has 0 amide bonds. The highest BCUT2D eigenvalue weighted by Gasteiger charge is 2.42. The summed E-state index contributed by atoms with van der Waals surface area (Å²) in [7, 11) is 0. The minimum absolute atomic E-state index is 0.0710. The fourth-order valence-electron chi connectivity index (χ4n) is 2.11. The summed E-state index contributed by atoms with van der Waals surface area (Å²) in [5, 5.41) is 10.1. The zero-order valence-corrected chi connectivity index (χ0v) is 8.89. The SMILES string of the molecule is CCC1=C(C(C)=O)C(=O)C[C@@]1(O)CC. The lowest BCUT2D eigenvalue weighted by atomic mass is 9.90. The molecule has 1 aliphatic rings. The van der Waals surface area contributed by atoms with Crippen LogP contribution in [0, 0.1) is 0 Å². The molecule has 1 rings (SSSR count). The molecule has 0 saturated heterocycles. The van der Waals surface area contributed by atoms with Crippen LogP contribution in [0.5, 0.6) is 0 Å². The van der Waals surface area contributed by atoms with E-state index >= 15 is 0 Å². The van der Waals surface area contributed by atoms with Gasteiger partial charge in [0.25, 0.3) is 0 Å². The van der Waals surface area contributed by atoms with E-state index in [1.54, 1.807) is 0 Å². The highest BCUT2D eigenvalue weighted by molar-refractivity contribution is 6.22. The lowest BCUT2D eigenvalue weighted by Crippen LogP contribution is -2.27. The van der Waals surface area contributed by atoms with Crippen LogP contribution in [0.15, 0.2) is 11.1 Å². The van der Waals surface area contributed by atoms with Gasteiger partial charge in [0, 0.05) is 6.42 Å². The second-order valence-corrected chi connectivity index (χ2v) is 3.75. The van der Waals surface area contributed by atoms with Gasteiger partial charge in [0.05, 0.1) is 11.2 Å². The van der Waals surface area contributed by atoms with E-state index in [1.807, 2.05) is 13.8 Å². The minimum atomic E-state index is -1.06. The molecule has 1 N–H and O–H groups in total. The number of rotatable bonds is 3. The van der Waals surface area contributed by atoms with Gasteiger partial charge >= 0.3 is 0 Å². The standard InChI is InChI=1S/C11H16O3/c1-4-8-10(7(3)12)9(13)6-11(8,14)5-2/h14H,4-6H2,1-3H3/t11-/m0/s1. The van der Waals surface area contributed by atoms with Gasteiger partial charge in [-0.1, -0.05) is 13.8 Å². The molecule has 14 heavy (non-hydrogen) atoms. The molecule has 78 valence electrons. The zero-order valence-electron chi connectivity index (χ0n) is 8.89. The third kappa shape index (κ3) is 1.52. The molecule has 0 aromatic heterocycles. The number of allylic oxidation sites excluding steroid dienone is 1. The van der Waals surface area contributed by atoms with Crippen LogP contribution in [-0.2, 0) is 9.59 Å². The summed E-state index contributed by atoms with van der Waals surface area (Å²) in [6.07, 6.45) is 1.12. The van der Waals surface area contributed by atoms with Gasteiger partial charge in [-0.15, -0.1) is 0 Å². The fraction of sp³-hybridized carbons (Fsp3) is 0.636. The van der Waals surface area contributed by atoms with Crippen LogP contribution in [0.4, 0.5) is 0 Å². The van der Waals surface area contributed by atoms with E-state index in [1.165, 1.54) is 6.92 Å². The lowest BCUT2D eigenvalue weighted by Gasteiger charge is -2.23. The Bertz CT molecular complexity index is 314. The molecule has 0 aromatic rings. The van der Waals surface area contributed by atoms with Crippen LogP contribution in [0.2, 0.25) is 0 Å². The van der Waals surface area contributed by atoms with Crippen molar-refractivity contribution in [1.82, 2.24) is 0 Å². The zero-order chi connectivity index (χ0) is 10.9. The molecule has 0 bridgehead atoms. The number of aliphatic hydroxyl groups is 1. The summed E-state index contributed by atoms with van der Waals surface area (Å²) in [4.78, 5) is 22.8. The summed E-state index contributed by atoms with van der Waals surface area (Å²) in [6, 6.07) is 0. The second kappa shape index (κ2) is 3.65. The van der Waals surface area contributed by atoms with E-state index in [-0.39, 0.29) is 23.6 Å². The van der Waals surface area contributed by atoms with Gasteiger partial charge in [0.15, 0.2) is 11.6 Å². The summed E-state index contributed by atoms with van der Waals surface area (Å²) in [5.41, 5.74) is -0.207. The first kappa shape index (κ1) is 11.1. The third-order valence-corrected chi connectivity index (χ3v) is 2.89. The van der Waals surface area contributed by atoms with Crippen LogP contribution in [0.25, 0.3) is 0 Å². The van der Waals surface area contributed by atoms with E-state index in [0.717, 1.165) is 0 Å². The van der Waals surface area contributed by atoms with Crippen molar-refractivity contribution in [3.05, 3.63) is 11.1 Å². The Morgan fingerprint density at radius 3 is 2.43 bits per heavy atom. The first-order valence-corrected chi connectivity index (χ1v) is 4.96. The molecular formula is C11H16O3. The monoisotopic (exact) mass is 196 g/mol. The van der Waals surface area contributed by atoms with Gasteiger partial charge in [-0.2, -0.15) is 0 Å². The molecule has 1 atom stereocenters. The van der Waals surface area contributed by atoms with Crippen LogP contribution < -0.4 is 0 Å². The van der Waals surface area contributed by atoms with Crippen molar-refractivity contribution in [1.29, 1.82) is 0 Å². The van der Waals surface area contributed by atoms with Crippen LogP contribution in [0.1, 0.15) is 40.0 Å². The second-order valence-electron chi connectivity index (χ2n) is 3.75. The predicted octanol–water partition coefficient (Wildman–Crippen LogP) is 1.40. The topological polar surface area (TPSA) is 54.4 Å². The normalized spacial score (nSPS) is 27.3. The van der Waals surface area contributed by atoms with Gasteiger partial charge in [-0.05, 0) is 25.3 Å². The lowest BCUT2D eigenvalue weighted by molar-refractivity contribution is -0.120. The number of Topliss-reactive ketones (excluding diaryl/α,β-unsaturated/α-hetero) is 2. The number of carbonyl (C=O) groups excluding carboxylic acids is 2. The number of hydrogen-bond donors (Lipinski definition) is 1. The molecule has 0 heterocycles. The molecule has 0 spiro atoms. The van der Waals surface area contributed by atoms with Crippen LogP contribution >= 0.6 is 0 Å². The molecule has 0 saturated carbocycles. The first-order chi connectivity index (χ1) is 6.46. The first-order valence-electron chi connectivity index (χ1n) is 4.96. The molecule has 3 heteroatoms. The van der Waals surface area contributed by atoms with Crippen molar-refractivity contribution >= 4 is 11.6 Å². The summed E-state index contributed by atoms with van der Waals surface area (Å²) >= 11 is 0. The maximum Gasteiger partial charge on any atom is 0.169 e. The Labute approximate surface area is 83.8 Å². The molecular weight excluding hydrogens is 180 g/mol. The van der Waals surface area contributed by atoms with E-state index in [4.69, 9.17) is 0 Å². The summed E-state index contributed by atoms with van der Waals surface area (Å²) < 4.78 is 0. The fourth-order valence-corrected chi connectivity index (χ4v) is 2.11. The van der Waals surface area contributed by atoms with E-state index in [9.17, 15) is 14.7 Å². The van der Waals surface area contributed by atoms with Crippen molar-refractivity contribution in [2.24, 2.45) is 0 Å². The molecule has 0 aromatic carbocycles. The molecule has 3 nitrogen and oxygen atoms in total. The molecule has 0 aliphatic heterocycles. The Morgan fingerprint density at radius 2 is 2.07 bits per heavy atom. The molecule has 0 radical (unpaired) electrons. The van der Waals surface area contributed by atoms with Gasteiger partial charge < -0.3 is 5.11 Å². The largest absolute Gasteiger partial charge is 0.385 e. The Kier molecular flexibility index (Phi) is 2.90. The predicted molar refractivity (Wildman–Crippen MR) is 52.9 cm³/mol. The van der Waals surface area contributed by atoms with Crippen molar-refractivity contribution in [2.45, 2.75) is 45.6 Å². The van der Waals surface area contributed by atoms with Crippen LogP contribution in [0.3, 0.4) is 0 Å². The van der Waals surface area contributed by atoms with Gasteiger partial charge in [-0.25, -0.2) is 0 Å². The van der Waals surface area contributed by atoms with E-state index in [2.05, 4.69) is 0 Å².